The molecule has 1 amide bonds. The molecule has 0 aliphatic carbocycles. The second-order valence-electron chi connectivity index (χ2n) is 3.80. The Bertz CT molecular complexity index is 383. The van der Waals surface area contributed by atoms with Gasteiger partial charge < -0.3 is 16.8 Å². The van der Waals surface area contributed by atoms with Gasteiger partial charge >= 0.3 is 0 Å². The largest absolute Gasteiger partial charge is 0.383 e. The summed E-state index contributed by atoms with van der Waals surface area (Å²) >= 11 is 3.42. The van der Waals surface area contributed by atoms with E-state index in [9.17, 15) is 4.79 Å². The number of anilines is 1. The Hall–Kier alpha value is -1.07. The highest BCUT2D eigenvalue weighted by molar-refractivity contribution is 9.10. The summed E-state index contributed by atoms with van der Waals surface area (Å²) in [5.41, 5.74) is 13.8. The highest BCUT2D eigenvalue weighted by atomic mass is 79.9. The van der Waals surface area contributed by atoms with Gasteiger partial charge in [-0.3, -0.25) is 4.79 Å². The first-order valence-electron chi connectivity index (χ1n) is 4.97. The highest BCUT2D eigenvalue weighted by Gasteiger charge is 2.10. The van der Waals surface area contributed by atoms with Crippen LogP contribution >= 0.6 is 15.9 Å². The zero-order valence-corrected chi connectivity index (χ0v) is 11.0. The van der Waals surface area contributed by atoms with Crippen molar-refractivity contribution >= 4 is 27.5 Å². The number of hydrogen-bond acceptors (Lipinski definition) is 3. The number of halogens is 1. The van der Waals surface area contributed by atoms with Crippen molar-refractivity contribution in [2.45, 2.75) is 19.9 Å². The van der Waals surface area contributed by atoms with Crippen LogP contribution in [0.3, 0.4) is 0 Å². The predicted molar refractivity (Wildman–Crippen MR) is 69.3 cm³/mol. The lowest BCUT2D eigenvalue weighted by Crippen LogP contribution is -2.41. The van der Waals surface area contributed by atoms with Crippen LogP contribution < -0.4 is 16.8 Å². The van der Waals surface area contributed by atoms with Crippen LogP contribution in [0.1, 0.15) is 11.1 Å². The van der Waals surface area contributed by atoms with E-state index in [2.05, 4.69) is 21.2 Å². The Kier molecular flexibility index (Phi) is 4.32. The Morgan fingerprint density at radius 2 is 1.94 bits per heavy atom. The molecule has 0 aromatic heterocycles. The van der Waals surface area contributed by atoms with Gasteiger partial charge in [-0.2, -0.15) is 0 Å². The number of amides is 1. The highest BCUT2D eigenvalue weighted by Crippen LogP contribution is 2.24. The summed E-state index contributed by atoms with van der Waals surface area (Å²) in [6.07, 6.45) is 0. The summed E-state index contributed by atoms with van der Waals surface area (Å²) in [6.45, 7) is 4.34. The minimum absolute atomic E-state index is 0.346. The van der Waals surface area contributed by atoms with E-state index in [1.807, 2.05) is 26.0 Å². The van der Waals surface area contributed by atoms with Gasteiger partial charge in [-0.1, -0.05) is 15.9 Å². The Labute approximate surface area is 104 Å². The van der Waals surface area contributed by atoms with Crippen LogP contribution in [0, 0.1) is 13.8 Å². The Morgan fingerprint density at radius 3 is 2.38 bits per heavy atom. The molecule has 5 heteroatoms. The van der Waals surface area contributed by atoms with Crippen molar-refractivity contribution in [2.75, 3.05) is 11.9 Å². The molecule has 0 aliphatic rings. The number of nitrogens with one attached hydrogen (secondary N) is 1. The second kappa shape index (κ2) is 5.32. The van der Waals surface area contributed by atoms with Gasteiger partial charge in [0, 0.05) is 16.7 Å². The van der Waals surface area contributed by atoms with Gasteiger partial charge in [-0.15, -0.1) is 0 Å². The van der Waals surface area contributed by atoms with E-state index in [0.717, 1.165) is 21.3 Å². The molecule has 0 fully saturated rings. The summed E-state index contributed by atoms with van der Waals surface area (Å²) in [5.74, 6) is -0.500. The fraction of sp³-hybridized carbons (Fsp3) is 0.364. The fourth-order valence-electron chi connectivity index (χ4n) is 1.50. The van der Waals surface area contributed by atoms with Crippen molar-refractivity contribution in [2.24, 2.45) is 11.5 Å². The summed E-state index contributed by atoms with van der Waals surface area (Å²) in [5, 5.41) is 3.14. The van der Waals surface area contributed by atoms with Crippen LogP contribution in [0.15, 0.2) is 16.6 Å². The smallest absolute Gasteiger partial charge is 0.236 e. The van der Waals surface area contributed by atoms with Crippen molar-refractivity contribution in [1.29, 1.82) is 0 Å². The zero-order valence-electron chi connectivity index (χ0n) is 9.38. The van der Waals surface area contributed by atoms with Crippen LogP contribution in [0.25, 0.3) is 0 Å². The number of benzene rings is 1. The first-order valence-corrected chi connectivity index (χ1v) is 5.76. The summed E-state index contributed by atoms with van der Waals surface area (Å²) in [6, 6.07) is 3.35. The van der Waals surface area contributed by atoms with Gasteiger partial charge in [-0.05, 0) is 37.1 Å². The lowest BCUT2D eigenvalue weighted by molar-refractivity contribution is -0.118. The Balaban J connectivity index is 2.78. The number of nitrogens with two attached hydrogens (primary N) is 2. The quantitative estimate of drug-likeness (QED) is 0.780. The molecule has 0 spiro atoms. The monoisotopic (exact) mass is 285 g/mol. The average molecular weight is 286 g/mol. The number of carbonyl (C=O) groups excluding carboxylic acids is 1. The third kappa shape index (κ3) is 3.21. The molecule has 1 aromatic rings. The lowest BCUT2D eigenvalue weighted by Gasteiger charge is -2.15. The molecule has 88 valence electrons. The van der Waals surface area contributed by atoms with Crippen molar-refractivity contribution in [3.05, 3.63) is 27.7 Å². The average Bonchev–Trinajstić information content (AvgIpc) is 2.15. The minimum atomic E-state index is -0.664. The van der Waals surface area contributed by atoms with E-state index in [0.29, 0.717) is 6.54 Å². The summed E-state index contributed by atoms with van der Waals surface area (Å²) < 4.78 is 1.03. The van der Waals surface area contributed by atoms with Crippen LogP contribution in [-0.2, 0) is 4.79 Å². The van der Waals surface area contributed by atoms with Gasteiger partial charge in [0.2, 0.25) is 5.91 Å². The van der Waals surface area contributed by atoms with Crippen molar-refractivity contribution in [3.8, 4) is 0 Å². The first-order chi connectivity index (χ1) is 7.41. The van der Waals surface area contributed by atoms with Gasteiger partial charge in [0.25, 0.3) is 0 Å². The predicted octanol–water partition coefficient (Wildman–Crippen LogP) is 1.29. The van der Waals surface area contributed by atoms with E-state index in [1.54, 1.807) is 0 Å². The number of aryl methyl sites for hydroxylation is 2. The molecule has 4 nitrogen and oxygen atoms in total. The first kappa shape index (κ1) is 13.0. The molecular weight excluding hydrogens is 270 g/mol. The maximum absolute atomic E-state index is 10.8. The van der Waals surface area contributed by atoms with E-state index >= 15 is 0 Å². The molecule has 0 saturated carbocycles. The molecule has 0 heterocycles. The molecule has 0 aliphatic heterocycles. The molecule has 0 bridgehead atoms. The van der Waals surface area contributed by atoms with Crippen LogP contribution in [-0.4, -0.2) is 18.5 Å². The van der Waals surface area contributed by atoms with E-state index < -0.39 is 11.9 Å². The van der Waals surface area contributed by atoms with E-state index in [4.69, 9.17) is 11.5 Å². The van der Waals surface area contributed by atoms with Gasteiger partial charge in [0.15, 0.2) is 0 Å². The van der Waals surface area contributed by atoms with Crippen molar-refractivity contribution < 1.29 is 4.79 Å². The normalized spacial score (nSPS) is 12.2. The lowest BCUT2D eigenvalue weighted by atomic mass is 10.1. The third-order valence-electron chi connectivity index (χ3n) is 2.36. The molecule has 0 radical (unpaired) electrons. The second-order valence-corrected chi connectivity index (χ2v) is 4.72. The number of primary amides is 1. The number of carbonyl (C=O) groups is 1. The fourth-order valence-corrected chi connectivity index (χ4v) is 2.19. The SMILES string of the molecule is Cc1cc(Br)cc(C)c1NCC(N)C(N)=O. The minimum Gasteiger partial charge on any atom is -0.383 e. The third-order valence-corrected chi connectivity index (χ3v) is 2.82. The molecule has 5 N–H and O–H groups in total. The maximum atomic E-state index is 10.8. The molecule has 1 rings (SSSR count). The summed E-state index contributed by atoms with van der Waals surface area (Å²) in [4.78, 5) is 10.8. The number of rotatable bonds is 4. The van der Waals surface area contributed by atoms with Gasteiger partial charge in [0.1, 0.15) is 6.04 Å². The standard InChI is InChI=1S/C11H16BrN3O/c1-6-3-8(12)4-7(2)10(6)15-5-9(13)11(14)16/h3-4,9,15H,5,13H2,1-2H3,(H2,14,16). The Morgan fingerprint density at radius 1 is 1.44 bits per heavy atom. The van der Waals surface area contributed by atoms with Crippen LogP contribution in [0.2, 0.25) is 0 Å². The van der Waals surface area contributed by atoms with Gasteiger partial charge in [0.05, 0.1) is 0 Å². The maximum Gasteiger partial charge on any atom is 0.236 e. The molecule has 1 unspecified atom stereocenters. The molecule has 16 heavy (non-hydrogen) atoms. The van der Waals surface area contributed by atoms with Crippen molar-refractivity contribution in [1.82, 2.24) is 0 Å². The topological polar surface area (TPSA) is 81.1 Å². The van der Waals surface area contributed by atoms with Crippen LogP contribution in [0.4, 0.5) is 5.69 Å². The van der Waals surface area contributed by atoms with E-state index in [-0.39, 0.29) is 0 Å². The van der Waals surface area contributed by atoms with Crippen LogP contribution in [0.5, 0.6) is 0 Å². The number of hydrogen-bond donors (Lipinski definition) is 3. The van der Waals surface area contributed by atoms with Crippen molar-refractivity contribution in [3.63, 3.8) is 0 Å². The van der Waals surface area contributed by atoms with Gasteiger partial charge in [-0.25, -0.2) is 0 Å². The molecule has 0 saturated heterocycles. The molecule has 1 atom stereocenters. The molecule has 1 aromatic carbocycles. The summed E-state index contributed by atoms with van der Waals surface area (Å²) in [7, 11) is 0. The zero-order chi connectivity index (χ0) is 12.3. The molecular formula is C11H16BrN3O. The van der Waals surface area contributed by atoms with E-state index in [1.165, 1.54) is 0 Å².